The van der Waals surface area contributed by atoms with Crippen molar-refractivity contribution in [2.24, 2.45) is 5.92 Å². The second-order valence-corrected chi connectivity index (χ2v) is 7.81. The second-order valence-electron chi connectivity index (χ2n) is 4.86. The van der Waals surface area contributed by atoms with Crippen LogP contribution in [0.4, 0.5) is 4.79 Å². The van der Waals surface area contributed by atoms with E-state index in [1.54, 1.807) is 24.3 Å². The van der Waals surface area contributed by atoms with Gasteiger partial charge in [-0.2, -0.15) is 0 Å². The fraction of sp³-hybridized carbons (Fsp3) is 0.286. The number of esters is 1. The molecule has 9 heteroatoms. The average molecular weight is 398 g/mol. The van der Waals surface area contributed by atoms with Gasteiger partial charge < -0.3 is 15.4 Å². The Morgan fingerprint density at radius 2 is 2.04 bits per heavy atom. The van der Waals surface area contributed by atoms with E-state index in [0.29, 0.717) is 10.6 Å². The first-order valence-corrected chi connectivity index (χ1v) is 7.94. The molecule has 23 heavy (non-hydrogen) atoms. The van der Waals surface area contributed by atoms with E-state index in [4.69, 9.17) is 51.1 Å². The van der Waals surface area contributed by atoms with E-state index in [0.717, 1.165) is 0 Å². The fourth-order valence-electron chi connectivity index (χ4n) is 2.18. The Bertz CT molecular complexity index is 645. The molecule has 0 spiro atoms. The molecule has 1 aliphatic rings. The number of hydrogen-bond donors (Lipinski definition) is 2. The number of ether oxygens (including phenoxy) is 1. The van der Waals surface area contributed by atoms with Crippen LogP contribution in [0.2, 0.25) is 5.02 Å². The van der Waals surface area contributed by atoms with Gasteiger partial charge in [-0.1, -0.05) is 65.1 Å². The fourth-order valence-corrected chi connectivity index (χ4v) is 2.54. The van der Waals surface area contributed by atoms with Crippen molar-refractivity contribution in [3.8, 4) is 0 Å². The minimum atomic E-state index is -1.73. The van der Waals surface area contributed by atoms with E-state index in [1.165, 1.54) is 0 Å². The molecule has 1 saturated heterocycles. The zero-order chi connectivity index (χ0) is 17.2. The third-order valence-corrected chi connectivity index (χ3v) is 3.67. The first kappa shape index (κ1) is 18.2. The molecule has 2 atom stereocenters. The van der Waals surface area contributed by atoms with E-state index in [9.17, 15) is 9.59 Å². The molecule has 1 heterocycles. The lowest BCUT2D eigenvalue weighted by atomic mass is 9.89. The molecule has 2 N–H and O–H groups in total. The number of urea groups is 1. The summed E-state index contributed by atoms with van der Waals surface area (Å²) in [6.45, 7) is 3.28. The average Bonchev–Trinajstić information content (AvgIpc) is 2.43. The first-order valence-electron chi connectivity index (χ1n) is 6.42. The van der Waals surface area contributed by atoms with Crippen LogP contribution in [0.3, 0.4) is 0 Å². The van der Waals surface area contributed by atoms with Crippen LogP contribution >= 0.6 is 46.4 Å². The summed E-state index contributed by atoms with van der Waals surface area (Å²) in [7, 11) is 0. The quantitative estimate of drug-likeness (QED) is 0.603. The van der Waals surface area contributed by atoms with Crippen molar-refractivity contribution in [2.75, 3.05) is 6.61 Å². The van der Waals surface area contributed by atoms with E-state index in [2.05, 4.69) is 17.2 Å². The highest BCUT2D eigenvalue weighted by Gasteiger charge is 2.39. The van der Waals surface area contributed by atoms with Gasteiger partial charge in [0.05, 0.1) is 6.04 Å². The molecule has 0 saturated carbocycles. The minimum Gasteiger partial charge on any atom is -0.461 e. The van der Waals surface area contributed by atoms with E-state index in [1.807, 2.05) is 0 Å². The zero-order valence-corrected chi connectivity index (χ0v) is 14.6. The number of amides is 2. The number of rotatable bonds is 3. The van der Waals surface area contributed by atoms with Gasteiger partial charge in [0, 0.05) is 10.7 Å². The van der Waals surface area contributed by atoms with Gasteiger partial charge >= 0.3 is 12.0 Å². The SMILES string of the molecule is C=C1NC(=O)NC(c2cccc(Cl)c2)C1C(=O)OCC(Cl)(Cl)Cl. The molecule has 0 bridgehead atoms. The Labute approximate surface area is 152 Å². The number of carbonyl (C=O) groups is 2. The summed E-state index contributed by atoms with van der Waals surface area (Å²) in [5.41, 5.74) is 0.817. The summed E-state index contributed by atoms with van der Waals surface area (Å²) in [6, 6.07) is 5.57. The third-order valence-electron chi connectivity index (χ3n) is 3.11. The number of hydrogen-bond acceptors (Lipinski definition) is 3. The molecule has 0 radical (unpaired) electrons. The lowest BCUT2D eigenvalue weighted by molar-refractivity contribution is -0.148. The maximum atomic E-state index is 12.3. The normalized spacial score (nSPS) is 21.4. The van der Waals surface area contributed by atoms with Crippen LogP contribution in [-0.4, -0.2) is 22.4 Å². The number of halogens is 4. The predicted molar refractivity (Wildman–Crippen MR) is 89.7 cm³/mol. The minimum absolute atomic E-state index is 0.188. The summed E-state index contributed by atoms with van der Waals surface area (Å²) in [5, 5.41) is 5.56. The van der Waals surface area contributed by atoms with Crippen molar-refractivity contribution in [3.05, 3.63) is 47.1 Å². The molecule has 0 aliphatic carbocycles. The van der Waals surface area contributed by atoms with E-state index >= 15 is 0 Å². The van der Waals surface area contributed by atoms with Gasteiger partial charge in [-0.3, -0.25) is 4.79 Å². The Kier molecular flexibility index (Phi) is 5.68. The summed E-state index contributed by atoms with van der Waals surface area (Å²) in [5.74, 6) is -1.57. The zero-order valence-electron chi connectivity index (χ0n) is 11.6. The molecular formula is C14H12Cl4N2O3. The van der Waals surface area contributed by atoms with Gasteiger partial charge in [-0.15, -0.1) is 0 Å². The van der Waals surface area contributed by atoms with E-state index < -0.39 is 34.4 Å². The van der Waals surface area contributed by atoms with Crippen molar-refractivity contribution in [1.29, 1.82) is 0 Å². The molecule has 1 fully saturated rings. The van der Waals surface area contributed by atoms with Crippen molar-refractivity contribution in [1.82, 2.24) is 10.6 Å². The Morgan fingerprint density at radius 1 is 1.35 bits per heavy atom. The maximum absolute atomic E-state index is 12.3. The Hall–Kier alpha value is -1.14. The van der Waals surface area contributed by atoms with Gasteiger partial charge in [0.2, 0.25) is 3.79 Å². The Morgan fingerprint density at radius 3 is 2.65 bits per heavy atom. The van der Waals surface area contributed by atoms with Crippen molar-refractivity contribution >= 4 is 58.4 Å². The predicted octanol–water partition coefficient (Wildman–Crippen LogP) is 3.74. The standard InChI is InChI=1S/C14H12Cl4N2O3/c1-7-10(12(21)23-6-14(16,17)18)11(20-13(22)19-7)8-3-2-4-9(15)5-8/h2-5,10-11H,1,6H2,(H2,19,20,22). The van der Waals surface area contributed by atoms with Crippen LogP contribution in [0.15, 0.2) is 36.5 Å². The van der Waals surface area contributed by atoms with Gasteiger partial charge in [-0.05, 0) is 17.7 Å². The van der Waals surface area contributed by atoms with Gasteiger partial charge in [0.15, 0.2) is 0 Å². The van der Waals surface area contributed by atoms with E-state index in [-0.39, 0.29) is 5.70 Å². The molecule has 124 valence electrons. The summed E-state index contributed by atoms with van der Waals surface area (Å²) in [4.78, 5) is 24.0. The number of benzene rings is 1. The van der Waals surface area contributed by atoms with Gasteiger partial charge in [-0.25, -0.2) is 4.79 Å². The second kappa shape index (κ2) is 7.18. The number of alkyl halides is 3. The number of carbonyl (C=O) groups excluding carboxylic acids is 2. The molecule has 1 aliphatic heterocycles. The monoisotopic (exact) mass is 396 g/mol. The smallest absolute Gasteiger partial charge is 0.319 e. The van der Waals surface area contributed by atoms with Crippen LogP contribution in [0.25, 0.3) is 0 Å². The van der Waals surface area contributed by atoms with Gasteiger partial charge in [0.1, 0.15) is 12.5 Å². The highest BCUT2D eigenvalue weighted by atomic mass is 35.6. The summed E-state index contributed by atoms with van der Waals surface area (Å²) >= 11 is 22.7. The largest absolute Gasteiger partial charge is 0.461 e. The highest BCUT2D eigenvalue weighted by Crippen LogP contribution is 2.33. The van der Waals surface area contributed by atoms with Crippen molar-refractivity contribution in [2.45, 2.75) is 9.83 Å². The molecule has 1 aromatic rings. The maximum Gasteiger partial charge on any atom is 0.319 e. The number of nitrogens with one attached hydrogen (secondary N) is 2. The van der Waals surface area contributed by atoms with Crippen LogP contribution in [0.5, 0.6) is 0 Å². The highest BCUT2D eigenvalue weighted by molar-refractivity contribution is 6.67. The van der Waals surface area contributed by atoms with Crippen LogP contribution in [0.1, 0.15) is 11.6 Å². The van der Waals surface area contributed by atoms with Crippen LogP contribution < -0.4 is 10.6 Å². The van der Waals surface area contributed by atoms with Crippen molar-refractivity contribution < 1.29 is 14.3 Å². The summed E-state index contributed by atoms with van der Waals surface area (Å²) < 4.78 is 3.29. The molecule has 2 amide bonds. The lowest BCUT2D eigenvalue weighted by Gasteiger charge is -2.33. The molecule has 1 aromatic carbocycles. The third kappa shape index (κ3) is 4.91. The topological polar surface area (TPSA) is 67.4 Å². The molecule has 0 aromatic heterocycles. The molecule has 5 nitrogen and oxygen atoms in total. The van der Waals surface area contributed by atoms with Crippen LogP contribution in [-0.2, 0) is 9.53 Å². The van der Waals surface area contributed by atoms with Crippen molar-refractivity contribution in [3.63, 3.8) is 0 Å². The van der Waals surface area contributed by atoms with Crippen LogP contribution in [0, 0.1) is 5.92 Å². The molecular weight excluding hydrogens is 386 g/mol. The lowest BCUT2D eigenvalue weighted by Crippen LogP contribution is -2.51. The Balaban J connectivity index is 2.26. The first-order chi connectivity index (χ1) is 10.7. The van der Waals surface area contributed by atoms with Gasteiger partial charge in [0.25, 0.3) is 0 Å². The molecule has 2 rings (SSSR count). The molecule has 2 unspecified atom stereocenters. The summed E-state index contributed by atoms with van der Waals surface area (Å²) in [6.07, 6.45) is 0.